The second-order valence-electron chi connectivity index (χ2n) is 7.70. The molecule has 0 saturated heterocycles. The molecule has 0 spiro atoms. The number of nitrogens with zero attached hydrogens (tertiary/aromatic N) is 2. The lowest BCUT2D eigenvalue weighted by Gasteiger charge is -2.15. The van der Waals surface area contributed by atoms with Crippen LogP contribution in [0.15, 0.2) is 58.4 Å². The molecule has 33 heavy (non-hydrogen) atoms. The molecule has 0 fully saturated rings. The summed E-state index contributed by atoms with van der Waals surface area (Å²) in [6, 6.07) is 10.8. The van der Waals surface area contributed by atoms with Gasteiger partial charge in [0.25, 0.3) is 0 Å². The van der Waals surface area contributed by atoms with Gasteiger partial charge in [-0.2, -0.15) is 0 Å². The number of carbonyl (C=O) groups is 1. The molecule has 10 heteroatoms. The minimum absolute atomic E-state index is 0.0279. The van der Waals surface area contributed by atoms with E-state index in [-0.39, 0.29) is 28.2 Å². The molecule has 0 atom stereocenters. The van der Waals surface area contributed by atoms with E-state index in [9.17, 15) is 13.2 Å². The van der Waals surface area contributed by atoms with Crippen LogP contribution >= 0.6 is 23.2 Å². The van der Waals surface area contributed by atoms with Crippen LogP contribution in [0, 0.1) is 6.92 Å². The number of rotatable bonds is 9. The van der Waals surface area contributed by atoms with Gasteiger partial charge in [-0.3, -0.25) is 15.1 Å². The minimum Gasteiger partial charge on any atom is -0.368 e. The second kappa shape index (κ2) is 11.2. The number of hydrogen-bond acceptors (Lipinski definition) is 6. The van der Waals surface area contributed by atoms with E-state index in [4.69, 9.17) is 23.2 Å². The molecular weight excluding hydrogens is 483 g/mol. The summed E-state index contributed by atoms with van der Waals surface area (Å²) in [7, 11) is -1.93. The quantitative estimate of drug-likeness (QED) is 0.400. The Balaban J connectivity index is 1.47. The maximum Gasteiger partial charge on any atom is 0.246 e. The molecule has 0 aliphatic carbocycles. The summed E-state index contributed by atoms with van der Waals surface area (Å²) in [4.78, 5) is 18.4. The van der Waals surface area contributed by atoms with Gasteiger partial charge in [-0.15, -0.1) is 0 Å². The number of halogens is 2. The monoisotopic (exact) mass is 508 g/mol. The number of aliphatic imine (C=N–C) groups is 1. The predicted octanol–water partition coefficient (Wildman–Crippen LogP) is 3.19. The molecule has 0 saturated carbocycles. The lowest BCUT2D eigenvalue weighted by atomic mass is 10.1. The van der Waals surface area contributed by atoms with Crippen LogP contribution < -0.4 is 10.6 Å². The Kier molecular flexibility index (Phi) is 8.53. The normalized spacial score (nSPS) is 13.8. The van der Waals surface area contributed by atoms with Crippen molar-refractivity contribution in [3.05, 3.63) is 75.3 Å². The van der Waals surface area contributed by atoms with Crippen molar-refractivity contribution in [3.8, 4) is 0 Å². The molecule has 0 unspecified atom stereocenters. The van der Waals surface area contributed by atoms with Gasteiger partial charge in [0, 0.05) is 43.3 Å². The van der Waals surface area contributed by atoms with Gasteiger partial charge in [0.15, 0.2) is 9.84 Å². The summed E-state index contributed by atoms with van der Waals surface area (Å²) in [6.45, 7) is 4.03. The molecule has 2 aromatic rings. The van der Waals surface area contributed by atoms with Crippen LogP contribution in [-0.4, -0.2) is 57.6 Å². The molecule has 176 valence electrons. The first-order chi connectivity index (χ1) is 15.7. The highest BCUT2D eigenvalue weighted by atomic mass is 35.5. The molecule has 0 aromatic heterocycles. The molecule has 1 amide bonds. The molecule has 0 radical (unpaired) electrons. The fourth-order valence-corrected chi connectivity index (χ4v) is 5.21. The summed E-state index contributed by atoms with van der Waals surface area (Å²) < 4.78 is 25.1. The molecule has 1 aliphatic heterocycles. The van der Waals surface area contributed by atoms with E-state index >= 15 is 0 Å². The summed E-state index contributed by atoms with van der Waals surface area (Å²) in [5.74, 6) is 0.410. The van der Waals surface area contributed by atoms with Crippen LogP contribution in [-0.2, 0) is 21.2 Å². The number of likely N-dealkylation sites (N-methyl/N-ethyl adjacent to an activating group) is 1. The first kappa shape index (κ1) is 25.2. The SMILES string of the molecule is Cc1cc(S(=O)(=O)CNC/C=C/C(=O)N(C)Cc2ccc(C3=NCCN3)cc2)c(Cl)cc1Cl. The van der Waals surface area contributed by atoms with Crippen molar-refractivity contribution in [1.82, 2.24) is 15.5 Å². The van der Waals surface area contributed by atoms with Crippen molar-refractivity contribution in [1.29, 1.82) is 0 Å². The van der Waals surface area contributed by atoms with Crippen LogP contribution in [0.5, 0.6) is 0 Å². The maximum atomic E-state index is 12.5. The van der Waals surface area contributed by atoms with Crippen molar-refractivity contribution in [2.45, 2.75) is 18.4 Å². The number of carbonyl (C=O) groups excluding carboxylic acids is 1. The number of hydrogen-bond donors (Lipinski definition) is 2. The third-order valence-corrected chi connectivity index (χ3v) is 7.48. The van der Waals surface area contributed by atoms with Crippen molar-refractivity contribution in [2.75, 3.05) is 32.6 Å². The van der Waals surface area contributed by atoms with Crippen LogP contribution in [0.4, 0.5) is 0 Å². The van der Waals surface area contributed by atoms with E-state index in [0.717, 1.165) is 30.1 Å². The first-order valence-corrected chi connectivity index (χ1v) is 12.8. The number of aryl methyl sites for hydroxylation is 1. The zero-order valence-corrected chi connectivity index (χ0v) is 20.8. The van der Waals surface area contributed by atoms with Gasteiger partial charge in [-0.05, 0) is 30.2 Å². The third kappa shape index (κ3) is 6.80. The van der Waals surface area contributed by atoms with E-state index in [1.165, 1.54) is 18.2 Å². The topological polar surface area (TPSA) is 90.9 Å². The molecule has 1 heterocycles. The zero-order valence-electron chi connectivity index (χ0n) is 18.4. The lowest BCUT2D eigenvalue weighted by Crippen LogP contribution is -2.26. The van der Waals surface area contributed by atoms with Crippen molar-refractivity contribution >= 4 is 44.8 Å². The molecule has 0 bridgehead atoms. The predicted molar refractivity (Wildman–Crippen MR) is 133 cm³/mol. The summed E-state index contributed by atoms with van der Waals surface area (Å²) >= 11 is 12.0. The molecule has 1 aliphatic rings. The molecule has 2 N–H and O–H groups in total. The Morgan fingerprint density at radius 2 is 1.94 bits per heavy atom. The van der Waals surface area contributed by atoms with E-state index in [0.29, 0.717) is 17.1 Å². The lowest BCUT2D eigenvalue weighted by molar-refractivity contribution is -0.125. The number of sulfone groups is 1. The van der Waals surface area contributed by atoms with Crippen LogP contribution in [0.3, 0.4) is 0 Å². The fourth-order valence-electron chi connectivity index (χ4n) is 3.22. The van der Waals surface area contributed by atoms with Crippen LogP contribution in [0.25, 0.3) is 0 Å². The number of nitrogens with one attached hydrogen (secondary N) is 2. The van der Waals surface area contributed by atoms with Crippen molar-refractivity contribution in [3.63, 3.8) is 0 Å². The minimum atomic E-state index is -3.64. The molecular formula is C23H26Cl2N4O3S. The van der Waals surface area contributed by atoms with Gasteiger partial charge in [-0.1, -0.05) is 53.5 Å². The Hall–Kier alpha value is -2.39. The molecule has 7 nitrogen and oxygen atoms in total. The largest absolute Gasteiger partial charge is 0.368 e. The van der Waals surface area contributed by atoms with Gasteiger partial charge >= 0.3 is 0 Å². The Morgan fingerprint density at radius 1 is 1.21 bits per heavy atom. The van der Waals surface area contributed by atoms with Gasteiger partial charge in [-0.25, -0.2) is 8.42 Å². The van der Waals surface area contributed by atoms with Gasteiger partial charge in [0.2, 0.25) is 5.91 Å². The van der Waals surface area contributed by atoms with E-state index < -0.39 is 9.84 Å². The maximum absolute atomic E-state index is 12.5. The average molecular weight is 509 g/mol. The smallest absolute Gasteiger partial charge is 0.246 e. The fraction of sp³-hybridized carbons (Fsp3) is 0.304. The Bertz CT molecular complexity index is 1180. The van der Waals surface area contributed by atoms with Crippen LogP contribution in [0.1, 0.15) is 16.7 Å². The highest BCUT2D eigenvalue weighted by molar-refractivity contribution is 7.91. The third-order valence-electron chi connectivity index (χ3n) is 5.06. The van der Waals surface area contributed by atoms with Gasteiger partial charge < -0.3 is 10.2 Å². The first-order valence-electron chi connectivity index (χ1n) is 10.4. The van der Waals surface area contributed by atoms with Crippen LogP contribution in [0.2, 0.25) is 10.0 Å². The Morgan fingerprint density at radius 3 is 2.61 bits per heavy atom. The number of amides is 1. The second-order valence-corrected chi connectivity index (χ2v) is 10.5. The highest BCUT2D eigenvalue weighted by Crippen LogP contribution is 2.28. The summed E-state index contributed by atoms with van der Waals surface area (Å²) in [5, 5.41) is 6.53. The number of benzene rings is 2. The van der Waals surface area contributed by atoms with Crippen molar-refractivity contribution in [2.24, 2.45) is 4.99 Å². The van der Waals surface area contributed by atoms with E-state index in [2.05, 4.69) is 15.6 Å². The zero-order chi connectivity index (χ0) is 24.0. The average Bonchev–Trinajstić information content (AvgIpc) is 3.31. The van der Waals surface area contributed by atoms with E-state index in [1.54, 1.807) is 24.9 Å². The van der Waals surface area contributed by atoms with Crippen molar-refractivity contribution < 1.29 is 13.2 Å². The van der Waals surface area contributed by atoms with Gasteiger partial charge in [0.05, 0.1) is 16.5 Å². The molecule has 2 aromatic carbocycles. The highest BCUT2D eigenvalue weighted by Gasteiger charge is 2.19. The summed E-state index contributed by atoms with van der Waals surface area (Å²) in [6.07, 6.45) is 3.01. The Labute approximate surface area is 204 Å². The van der Waals surface area contributed by atoms with Gasteiger partial charge in [0.1, 0.15) is 11.7 Å². The number of amidine groups is 1. The molecule has 3 rings (SSSR count). The standard InChI is InChI=1S/C23H26Cl2N4O3S/c1-16-12-21(20(25)13-19(16)24)33(31,32)15-26-9-3-4-22(30)29(2)14-17-5-7-18(8-6-17)23-27-10-11-28-23/h3-8,12-13,26H,9-11,14-15H2,1-2H3,(H,27,28)/b4-3+. The summed E-state index contributed by atoms with van der Waals surface area (Å²) in [5.41, 5.74) is 2.66. The van der Waals surface area contributed by atoms with E-state index in [1.807, 2.05) is 24.3 Å².